The van der Waals surface area contributed by atoms with Crippen LogP contribution >= 0.6 is 24.8 Å². The minimum Gasteiger partial charge on any atom is -0.363 e. The zero-order chi connectivity index (χ0) is 23.3. The number of ketones is 1. The molecule has 0 saturated carbocycles. The lowest BCUT2D eigenvalue weighted by molar-refractivity contribution is 0.0970. The number of carbonyl (C=O) groups is 1. The molecule has 36 heavy (non-hydrogen) atoms. The SMILES string of the molecule is Cl.Cl.O=C(CCC1CCNCC1)c1ccc2c(c1)CN(Cc1ccc(F)cc1)c1ccccc1CC2. The number of hydrogen-bond donors (Lipinski definition) is 1. The number of piperidine rings is 1. The predicted octanol–water partition coefficient (Wildman–Crippen LogP) is 6.94. The number of aryl methyl sites for hydroxylation is 2. The van der Waals surface area contributed by atoms with Gasteiger partial charge in [0.2, 0.25) is 0 Å². The highest BCUT2D eigenvalue weighted by atomic mass is 35.5. The fraction of sp³-hybridized carbons (Fsp3) is 0.367. The topological polar surface area (TPSA) is 32.3 Å². The summed E-state index contributed by atoms with van der Waals surface area (Å²) in [5, 5.41) is 3.40. The van der Waals surface area contributed by atoms with Crippen molar-refractivity contribution in [3.8, 4) is 0 Å². The van der Waals surface area contributed by atoms with Gasteiger partial charge in [0.1, 0.15) is 5.82 Å². The molecule has 5 rings (SSSR count). The third kappa shape index (κ3) is 6.88. The summed E-state index contributed by atoms with van der Waals surface area (Å²) in [4.78, 5) is 15.4. The van der Waals surface area contributed by atoms with Crippen LogP contribution in [-0.4, -0.2) is 18.9 Å². The number of halogens is 3. The summed E-state index contributed by atoms with van der Waals surface area (Å²) in [6, 6.07) is 21.7. The van der Waals surface area contributed by atoms with Crippen LogP contribution in [0.4, 0.5) is 10.1 Å². The minimum absolute atomic E-state index is 0. The Morgan fingerprint density at radius 2 is 1.61 bits per heavy atom. The van der Waals surface area contributed by atoms with Crippen molar-refractivity contribution in [2.75, 3.05) is 18.0 Å². The number of rotatable bonds is 6. The molecule has 0 amide bonds. The highest BCUT2D eigenvalue weighted by Gasteiger charge is 2.20. The van der Waals surface area contributed by atoms with Crippen LogP contribution in [0.25, 0.3) is 0 Å². The summed E-state index contributed by atoms with van der Waals surface area (Å²) in [6.45, 7) is 3.58. The molecule has 2 aliphatic heterocycles. The summed E-state index contributed by atoms with van der Waals surface area (Å²) in [6.07, 6.45) is 5.91. The molecular weight excluding hydrogens is 494 g/mol. The lowest BCUT2D eigenvalue weighted by Crippen LogP contribution is -2.28. The molecule has 0 atom stereocenters. The zero-order valence-electron chi connectivity index (χ0n) is 20.5. The van der Waals surface area contributed by atoms with Gasteiger partial charge in [-0.05, 0) is 97.6 Å². The predicted molar refractivity (Wildman–Crippen MR) is 150 cm³/mol. The molecule has 3 nitrogen and oxygen atoms in total. The van der Waals surface area contributed by atoms with E-state index in [1.165, 1.54) is 47.4 Å². The van der Waals surface area contributed by atoms with Crippen molar-refractivity contribution >= 4 is 36.3 Å². The molecule has 192 valence electrons. The number of carbonyl (C=O) groups excluding carboxylic acids is 1. The Bertz CT molecular complexity index is 1150. The average molecular weight is 530 g/mol. The van der Waals surface area contributed by atoms with Crippen LogP contribution in [0.15, 0.2) is 66.7 Å². The van der Waals surface area contributed by atoms with Crippen molar-refractivity contribution in [3.63, 3.8) is 0 Å². The molecule has 0 radical (unpaired) electrons. The van der Waals surface area contributed by atoms with E-state index in [1.54, 1.807) is 0 Å². The van der Waals surface area contributed by atoms with Crippen LogP contribution in [0.1, 0.15) is 58.3 Å². The van der Waals surface area contributed by atoms with Gasteiger partial charge in [-0.15, -0.1) is 24.8 Å². The summed E-state index contributed by atoms with van der Waals surface area (Å²) in [7, 11) is 0. The maximum Gasteiger partial charge on any atom is 0.162 e. The van der Waals surface area contributed by atoms with Crippen LogP contribution in [-0.2, 0) is 25.9 Å². The van der Waals surface area contributed by atoms with Gasteiger partial charge in [0.05, 0.1) is 0 Å². The zero-order valence-corrected chi connectivity index (χ0v) is 22.2. The van der Waals surface area contributed by atoms with E-state index in [0.717, 1.165) is 50.0 Å². The van der Waals surface area contributed by atoms with E-state index in [9.17, 15) is 9.18 Å². The number of hydrogen-bond acceptors (Lipinski definition) is 3. The van der Waals surface area contributed by atoms with Gasteiger partial charge in [0, 0.05) is 30.8 Å². The van der Waals surface area contributed by atoms with Crippen molar-refractivity contribution in [3.05, 3.63) is 100 Å². The molecule has 6 heteroatoms. The van der Waals surface area contributed by atoms with Gasteiger partial charge in [-0.25, -0.2) is 4.39 Å². The van der Waals surface area contributed by atoms with E-state index in [-0.39, 0.29) is 36.4 Å². The van der Waals surface area contributed by atoms with Crippen molar-refractivity contribution in [2.24, 2.45) is 5.92 Å². The number of fused-ring (bicyclic) bond motifs is 2. The number of para-hydroxylation sites is 1. The molecule has 1 N–H and O–H groups in total. The van der Waals surface area contributed by atoms with Crippen molar-refractivity contribution in [1.29, 1.82) is 0 Å². The molecular formula is C30H35Cl2FN2O. The van der Waals surface area contributed by atoms with Gasteiger partial charge >= 0.3 is 0 Å². The number of Topliss-reactive ketones (excluding diaryl/α,β-unsaturated/α-hetero) is 1. The second kappa shape index (κ2) is 13.2. The fourth-order valence-corrected chi connectivity index (χ4v) is 5.38. The van der Waals surface area contributed by atoms with E-state index < -0.39 is 0 Å². The lowest BCUT2D eigenvalue weighted by Gasteiger charge is -2.31. The van der Waals surface area contributed by atoms with Crippen LogP contribution < -0.4 is 10.2 Å². The molecule has 0 unspecified atom stereocenters. The molecule has 3 aromatic rings. The molecule has 0 aliphatic carbocycles. The highest BCUT2D eigenvalue weighted by Crippen LogP contribution is 2.30. The van der Waals surface area contributed by atoms with E-state index in [1.807, 2.05) is 18.2 Å². The first kappa shape index (κ1) is 28.2. The average Bonchev–Trinajstić information content (AvgIpc) is 2.87. The van der Waals surface area contributed by atoms with E-state index >= 15 is 0 Å². The van der Waals surface area contributed by atoms with Crippen LogP contribution in [0.2, 0.25) is 0 Å². The van der Waals surface area contributed by atoms with Gasteiger partial charge < -0.3 is 10.2 Å². The Hall–Kier alpha value is -2.40. The summed E-state index contributed by atoms with van der Waals surface area (Å²) >= 11 is 0. The third-order valence-electron chi connectivity index (χ3n) is 7.41. The first-order valence-corrected chi connectivity index (χ1v) is 12.6. The highest BCUT2D eigenvalue weighted by molar-refractivity contribution is 5.96. The van der Waals surface area contributed by atoms with Crippen LogP contribution in [0.3, 0.4) is 0 Å². The second-order valence-electron chi connectivity index (χ2n) is 9.75. The molecule has 1 saturated heterocycles. The molecule has 0 bridgehead atoms. The lowest BCUT2D eigenvalue weighted by atomic mass is 9.89. The Morgan fingerprint density at radius 3 is 2.39 bits per heavy atom. The summed E-state index contributed by atoms with van der Waals surface area (Å²) in [5.41, 5.74) is 7.01. The Morgan fingerprint density at radius 1 is 0.889 bits per heavy atom. The molecule has 0 aromatic heterocycles. The standard InChI is InChI=1S/C30H33FN2O.2ClH/c31-28-12-5-23(6-13-28)20-33-21-27-19-26(30(34)14-7-22-15-17-32-18-16-22)11-9-24(27)8-10-25-3-1-2-4-29(25)33;;/h1-6,9,11-13,19,22,32H,7-8,10,14-18,20-21H2;2*1H. The monoisotopic (exact) mass is 528 g/mol. The quantitative estimate of drug-likeness (QED) is 0.351. The van der Waals surface area contributed by atoms with Crippen molar-refractivity contribution in [1.82, 2.24) is 5.32 Å². The van der Waals surface area contributed by atoms with Gasteiger partial charge in [-0.3, -0.25) is 4.79 Å². The van der Waals surface area contributed by atoms with Gasteiger partial charge in [-0.1, -0.05) is 42.5 Å². The molecule has 1 fully saturated rings. The molecule has 0 spiro atoms. The molecule has 2 aliphatic rings. The minimum atomic E-state index is -0.213. The first-order valence-electron chi connectivity index (χ1n) is 12.6. The number of benzene rings is 3. The smallest absolute Gasteiger partial charge is 0.162 e. The maximum absolute atomic E-state index is 13.5. The van der Waals surface area contributed by atoms with Crippen LogP contribution in [0.5, 0.6) is 0 Å². The normalized spacial score (nSPS) is 15.4. The fourth-order valence-electron chi connectivity index (χ4n) is 5.38. The van der Waals surface area contributed by atoms with Crippen LogP contribution in [0, 0.1) is 11.7 Å². The Labute approximate surface area is 226 Å². The van der Waals surface area contributed by atoms with Gasteiger partial charge in [0.25, 0.3) is 0 Å². The Kier molecular flexibility index (Phi) is 10.4. The van der Waals surface area contributed by atoms with Gasteiger partial charge in [-0.2, -0.15) is 0 Å². The number of nitrogens with zero attached hydrogens (tertiary/aromatic N) is 1. The molecule has 3 aromatic carbocycles. The van der Waals surface area contributed by atoms with E-state index in [2.05, 4.69) is 46.6 Å². The van der Waals surface area contributed by atoms with Crippen molar-refractivity contribution in [2.45, 2.75) is 51.6 Å². The largest absolute Gasteiger partial charge is 0.363 e. The second-order valence-corrected chi connectivity index (χ2v) is 9.75. The van der Waals surface area contributed by atoms with Crippen molar-refractivity contribution < 1.29 is 9.18 Å². The Balaban J connectivity index is 0.00000180. The maximum atomic E-state index is 13.5. The summed E-state index contributed by atoms with van der Waals surface area (Å²) in [5.74, 6) is 0.709. The molecule has 2 heterocycles. The summed E-state index contributed by atoms with van der Waals surface area (Å²) < 4.78 is 13.5. The van der Waals surface area contributed by atoms with E-state index in [4.69, 9.17) is 0 Å². The van der Waals surface area contributed by atoms with Gasteiger partial charge in [0.15, 0.2) is 5.78 Å². The van der Waals surface area contributed by atoms with E-state index in [0.29, 0.717) is 18.9 Å². The number of nitrogens with one attached hydrogen (secondary N) is 1. The first-order chi connectivity index (χ1) is 16.7. The third-order valence-corrected chi connectivity index (χ3v) is 7.41. The number of anilines is 1.